The monoisotopic (exact) mass is 612 g/mol. The summed E-state index contributed by atoms with van der Waals surface area (Å²) >= 11 is 1.20. The third kappa shape index (κ3) is 5.76. The molecule has 1 saturated carbocycles. The predicted molar refractivity (Wildman–Crippen MR) is 136 cm³/mol. The van der Waals surface area contributed by atoms with Crippen LogP contribution in [0.1, 0.15) is 31.7 Å². The Balaban J connectivity index is 1.75. The van der Waals surface area contributed by atoms with Gasteiger partial charge >= 0.3 is 18.0 Å². The first-order valence-electron chi connectivity index (χ1n) is 12.3. The van der Waals surface area contributed by atoms with E-state index < -0.39 is 60.3 Å². The molecule has 3 aromatic heterocycles. The Morgan fingerprint density at radius 2 is 1.63 bits per heavy atom. The predicted octanol–water partition coefficient (Wildman–Crippen LogP) is 4.30. The van der Waals surface area contributed by atoms with Crippen molar-refractivity contribution in [3.8, 4) is 10.6 Å². The number of thiazole rings is 1. The van der Waals surface area contributed by atoms with Crippen LogP contribution in [0.4, 0.5) is 42.5 Å². The smallest absolute Gasteiger partial charge is 0.390 e. The van der Waals surface area contributed by atoms with Crippen LogP contribution in [0, 0.1) is 19.8 Å². The molecule has 9 nitrogen and oxygen atoms in total. The Kier molecular flexibility index (Phi) is 7.90. The van der Waals surface area contributed by atoms with Crippen LogP contribution in [-0.4, -0.2) is 83.7 Å². The highest BCUT2D eigenvalue weighted by Crippen LogP contribution is 2.46. The highest BCUT2D eigenvalue weighted by atomic mass is 32.1. The number of hydrogen-bond acceptors (Lipinski definition) is 10. The molecule has 0 bridgehead atoms. The zero-order valence-electron chi connectivity index (χ0n) is 22.1. The first kappa shape index (κ1) is 31.1. The molecule has 41 heavy (non-hydrogen) atoms. The summed E-state index contributed by atoms with van der Waals surface area (Å²) in [5.41, 5.74) is 0.0875. The third-order valence-corrected chi connectivity index (χ3v) is 8.03. The maximum atomic E-state index is 14.0. The van der Waals surface area contributed by atoms with Gasteiger partial charge in [0.05, 0.1) is 45.9 Å². The minimum atomic E-state index is -6.50. The van der Waals surface area contributed by atoms with Crippen molar-refractivity contribution in [2.75, 3.05) is 17.2 Å². The molecule has 1 aliphatic rings. The lowest BCUT2D eigenvalue weighted by Crippen LogP contribution is -2.55. The number of fused-ring (bicyclic) bond motifs is 1. The average Bonchev–Trinajstić information content (AvgIpc) is 3.39. The molecule has 226 valence electrons. The molecule has 5 N–H and O–H groups in total. The van der Waals surface area contributed by atoms with E-state index in [1.807, 2.05) is 0 Å². The summed E-state index contributed by atoms with van der Waals surface area (Å²) in [5, 5.41) is 36.6. The van der Waals surface area contributed by atoms with Crippen molar-refractivity contribution in [3.63, 3.8) is 0 Å². The van der Waals surface area contributed by atoms with E-state index in [9.17, 15) is 46.1 Å². The number of aryl methyl sites for hydroxylation is 2. The maximum absolute atomic E-state index is 14.0. The number of aromatic nitrogens is 4. The van der Waals surface area contributed by atoms with Crippen LogP contribution in [0.2, 0.25) is 0 Å². The molecular weight excluding hydrogens is 585 g/mol. The summed E-state index contributed by atoms with van der Waals surface area (Å²) in [6, 6.07) is 0.771. The molecule has 0 unspecified atom stereocenters. The highest BCUT2D eigenvalue weighted by Gasteiger charge is 2.72. The normalized spacial score (nSPS) is 22.4. The molecular formula is C24H27F7N6O3S. The number of alkyl halides is 7. The fourth-order valence-electron chi connectivity index (χ4n) is 4.66. The quantitative estimate of drug-likeness (QED) is 0.236. The Hall–Kier alpha value is -2.89. The summed E-state index contributed by atoms with van der Waals surface area (Å²) in [6.07, 6.45) is -7.66. The summed E-state index contributed by atoms with van der Waals surface area (Å²) in [5.74, 6) is -13.5. The van der Waals surface area contributed by atoms with Crippen LogP contribution in [0.15, 0.2) is 12.3 Å². The van der Waals surface area contributed by atoms with Crippen molar-refractivity contribution < 1.29 is 46.1 Å². The van der Waals surface area contributed by atoms with Crippen molar-refractivity contribution in [2.45, 2.75) is 76.0 Å². The van der Waals surface area contributed by atoms with E-state index in [2.05, 4.69) is 25.3 Å². The van der Waals surface area contributed by atoms with Crippen molar-refractivity contribution in [1.29, 1.82) is 0 Å². The van der Waals surface area contributed by atoms with Gasteiger partial charge < -0.3 is 26.0 Å². The number of halogens is 7. The topological polar surface area (TPSA) is 136 Å². The lowest BCUT2D eigenvalue weighted by molar-refractivity contribution is -0.350. The van der Waals surface area contributed by atoms with Gasteiger partial charge in [0, 0.05) is 12.1 Å². The van der Waals surface area contributed by atoms with E-state index in [4.69, 9.17) is 0 Å². The van der Waals surface area contributed by atoms with Crippen molar-refractivity contribution in [2.24, 2.45) is 5.92 Å². The summed E-state index contributed by atoms with van der Waals surface area (Å²) < 4.78 is 93.2. The fourth-order valence-corrected chi connectivity index (χ4v) is 5.78. The van der Waals surface area contributed by atoms with Gasteiger partial charge in [-0.15, -0.1) is 11.3 Å². The van der Waals surface area contributed by atoms with Gasteiger partial charge in [-0.05, 0) is 40.2 Å². The third-order valence-electron chi connectivity index (χ3n) is 6.99. The summed E-state index contributed by atoms with van der Waals surface area (Å²) in [4.78, 5) is 16.8. The Morgan fingerprint density at radius 1 is 0.976 bits per heavy atom. The van der Waals surface area contributed by atoms with Gasteiger partial charge in [-0.3, -0.25) is 4.98 Å². The molecule has 17 heteroatoms. The first-order chi connectivity index (χ1) is 18.7. The second-order valence-corrected chi connectivity index (χ2v) is 11.5. The molecule has 3 heterocycles. The van der Waals surface area contributed by atoms with Gasteiger partial charge in [0.1, 0.15) is 22.4 Å². The number of hydrogen-bond donors (Lipinski definition) is 5. The highest BCUT2D eigenvalue weighted by molar-refractivity contribution is 7.21. The van der Waals surface area contributed by atoms with Gasteiger partial charge in [0.2, 0.25) is 5.95 Å². The van der Waals surface area contributed by atoms with Crippen molar-refractivity contribution >= 4 is 33.3 Å². The molecule has 0 aromatic carbocycles. The van der Waals surface area contributed by atoms with Crippen LogP contribution in [-0.2, 0) is 0 Å². The van der Waals surface area contributed by atoms with E-state index in [-0.39, 0.29) is 23.5 Å². The lowest BCUT2D eigenvalue weighted by atomic mass is 9.88. The zero-order valence-corrected chi connectivity index (χ0v) is 22.9. The van der Waals surface area contributed by atoms with Gasteiger partial charge in [-0.2, -0.15) is 35.7 Å². The second-order valence-electron chi connectivity index (χ2n) is 10.5. The van der Waals surface area contributed by atoms with Crippen LogP contribution >= 0.6 is 11.3 Å². The van der Waals surface area contributed by atoms with Crippen molar-refractivity contribution in [1.82, 2.24) is 19.9 Å². The molecule has 0 spiro atoms. The van der Waals surface area contributed by atoms with Gasteiger partial charge in [-0.25, -0.2) is 9.97 Å². The molecule has 0 saturated heterocycles. The number of pyridine rings is 1. The number of anilines is 2. The van der Waals surface area contributed by atoms with E-state index >= 15 is 0 Å². The average molecular weight is 613 g/mol. The molecule has 3 aromatic rings. The molecule has 0 radical (unpaired) electrons. The van der Waals surface area contributed by atoms with Crippen LogP contribution < -0.4 is 10.6 Å². The largest absolute Gasteiger partial charge is 0.459 e. The van der Waals surface area contributed by atoms with Crippen molar-refractivity contribution in [3.05, 3.63) is 23.7 Å². The minimum absolute atomic E-state index is 0.0375. The minimum Gasteiger partial charge on any atom is -0.390 e. The summed E-state index contributed by atoms with van der Waals surface area (Å²) in [6.45, 7) is 3.91. The SMILES string of the molecule is Cc1nc(NCC(F)(F)C(F)(F)C(F)(F)F)nc(N[C@@H]2C[C@H](C(C)(C)O)[C@@H](O)[C@H]2O)c1-c1nc2c(C)nccc2s1. The van der Waals surface area contributed by atoms with Crippen LogP contribution in [0.3, 0.4) is 0 Å². The number of aliphatic hydroxyl groups excluding tert-OH is 2. The fraction of sp³-hybridized carbons (Fsp3) is 0.583. The molecule has 4 atom stereocenters. The van der Waals surface area contributed by atoms with Gasteiger partial charge in [-0.1, -0.05) is 0 Å². The standard InChI is InChI=1S/C24H27F7N6O3S/c1-9-14(19-36-15-10(2)32-6-5-13(15)41-19)18(35-12-7-11(21(3,4)40)16(38)17(12)39)37-20(34-9)33-8-22(25,26)23(27,28)24(29,30)31/h5-6,11-12,16-17,38-40H,7-8H2,1-4H3,(H2,33,34,35,37)/t11-,12+,16+,17-/m0/s1. The molecule has 4 rings (SSSR count). The summed E-state index contributed by atoms with van der Waals surface area (Å²) in [7, 11) is 0. The molecule has 0 amide bonds. The van der Waals surface area contributed by atoms with Gasteiger partial charge in [0.25, 0.3) is 0 Å². The molecule has 0 aliphatic heterocycles. The first-order valence-corrected chi connectivity index (χ1v) is 13.1. The number of rotatable bonds is 8. The van der Waals surface area contributed by atoms with E-state index in [1.165, 1.54) is 32.1 Å². The van der Waals surface area contributed by atoms with E-state index in [0.29, 0.717) is 16.2 Å². The number of nitrogens with zero attached hydrogens (tertiary/aromatic N) is 4. The lowest BCUT2D eigenvalue weighted by Gasteiger charge is -2.28. The van der Waals surface area contributed by atoms with E-state index in [1.54, 1.807) is 24.5 Å². The Morgan fingerprint density at radius 3 is 2.20 bits per heavy atom. The van der Waals surface area contributed by atoms with Crippen LogP contribution in [0.5, 0.6) is 0 Å². The second kappa shape index (κ2) is 10.4. The maximum Gasteiger partial charge on any atom is 0.459 e. The van der Waals surface area contributed by atoms with Gasteiger partial charge in [0.15, 0.2) is 0 Å². The van der Waals surface area contributed by atoms with E-state index in [0.717, 1.165) is 4.70 Å². The zero-order chi connectivity index (χ0) is 30.7. The molecule has 1 fully saturated rings. The number of aliphatic hydroxyl groups is 3. The Bertz CT molecular complexity index is 1430. The Labute approximate surface area is 232 Å². The number of nitrogens with one attached hydrogen (secondary N) is 2. The molecule has 1 aliphatic carbocycles. The van der Waals surface area contributed by atoms with Crippen LogP contribution in [0.25, 0.3) is 20.8 Å².